The minimum Gasteiger partial charge on any atom is -0.133 e. The fourth-order valence-corrected chi connectivity index (χ4v) is 2.31. The van der Waals surface area contributed by atoms with Crippen molar-refractivity contribution in [1.29, 1.82) is 0 Å². The lowest BCUT2D eigenvalue weighted by Gasteiger charge is -2.17. The van der Waals surface area contributed by atoms with Crippen LogP contribution in [0, 0.1) is 17.8 Å². The van der Waals surface area contributed by atoms with E-state index in [0.717, 1.165) is 11.8 Å². The SMILES string of the molecule is C=C=CC(C)CCC(C)CC(C)CCCC. The van der Waals surface area contributed by atoms with E-state index in [1.807, 2.05) is 0 Å². The van der Waals surface area contributed by atoms with Crippen molar-refractivity contribution >= 4 is 0 Å². The summed E-state index contributed by atoms with van der Waals surface area (Å²) in [7, 11) is 0. The van der Waals surface area contributed by atoms with Crippen LogP contribution in [0.2, 0.25) is 0 Å². The fourth-order valence-electron chi connectivity index (χ4n) is 2.31. The molecule has 0 heteroatoms. The molecule has 0 saturated heterocycles. The van der Waals surface area contributed by atoms with Crippen molar-refractivity contribution in [1.82, 2.24) is 0 Å². The zero-order valence-corrected chi connectivity index (χ0v) is 11.8. The van der Waals surface area contributed by atoms with Gasteiger partial charge in [-0.3, -0.25) is 0 Å². The van der Waals surface area contributed by atoms with E-state index < -0.39 is 0 Å². The Kier molecular flexibility index (Phi) is 9.43. The molecule has 0 saturated carbocycles. The number of rotatable bonds is 9. The third-order valence-electron chi connectivity index (χ3n) is 3.37. The second-order valence-corrected chi connectivity index (χ2v) is 5.51. The number of allylic oxidation sites excluding steroid dienone is 1. The van der Waals surface area contributed by atoms with Crippen LogP contribution in [0.5, 0.6) is 0 Å². The highest BCUT2D eigenvalue weighted by atomic mass is 14.1. The molecule has 0 N–H and O–H groups in total. The van der Waals surface area contributed by atoms with Crippen LogP contribution in [-0.2, 0) is 0 Å². The van der Waals surface area contributed by atoms with Crippen LogP contribution < -0.4 is 0 Å². The molecule has 0 heterocycles. The number of hydrogen-bond acceptors (Lipinski definition) is 0. The van der Waals surface area contributed by atoms with Crippen molar-refractivity contribution in [3.63, 3.8) is 0 Å². The second kappa shape index (κ2) is 9.73. The van der Waals surface area contributed by atoms with Crippen LogP contribution >= 0.6 is 0 Å². The first-order valence-corrected chi connectivity index (χ1v) is 6.96. The maximum absolute atomic E-state index is 3.63. The topological polar surface area (TPSA) is 0 Å². The highest BCUT2D eigenvalue weighted by Crippen LogP contribution is 2.22. The van der Waals surface area contributed by atoms with Gasteiger partial charge in [0, 0.05) is 0 Å². The summed E-state index contributed by atoms with van der Waals surface area (Å²) in [5.41, 5.74) is 2.88. The van der Waals surface area contributed by atoms with E-state index in [1.165, 1.54) is 38.5 Å². The lowest BCUT2D eigenvalue weighted by Crippen LogP contribution is -2.05. The van der Waals surface area contributed by atoms with Gasteiger partial charge < -0.3 is 0 Å². The van der Waals surface area contributed by atoms with Crippen molar-refractivity contribution in [2.45, 2.75) is 66.2 Å². The van der Waals surface area contributed by atoms with E-state index in [9.17, 15) is 0 Å². The Labute approximate surface area is 103 Å². The van der Waals surface area contributed by atoms with Crippen LogP contribution in [0.1, 0.15) is 66.2 Å². The zero-order chi connectivity index (χ0) is 12.4. The predicted molar refractivity (Wildman–Crippen MR) is 74.6 cm³/mol. The molecule has 0 rings (SSSR count). The minimum atomic E-state index is 0.644. The molecule has 0 spiro atoms. The van der Waals surface area contributed by atoms with Gasteiger partial charge in [-0.1, -0.05) is 60.0 Å². The zero-order valence-electron chi connectivity index (χ0n) is 11.8. The molecule has 94 valence electrons. The Morgan fingerprint density at radius 3 is 2.25 bits per heavy atom. The lowest BCUT2D eigenvalue weighted by molar-refractivity contribution is 0.354. The van der Waals surface area contributed by atoms with E-state index in [-0.39, 0.29) is 0 Å². The monoisotopic (exact) mass is 222 g/mol. The van der Waals surface area contributed by atoms with Gasteiger partial charge in [-0.15, -0.1) is 5.73 Å². The van der Waals surface area contributed by atoms with Gasteiger partial charge in [0.1, 0.15) is 0 Å². The van der Waals surface area contributed by atoms with E-state index in [2.05, 4.69) is 46.1 Å². The Hall–Kier alpha value is -0.480. The summed E-state index contributed by atoms with van der Waals surface area (Å²) in [6.07, 6.45) is 10.2. The van der Waals surface area contributed by atoms with E-state index in [0.29, 0.717) is 5.92 Å². The van der Waals surface area contributed by atoms with E-state index in [4.69, 9.17) is 0 Å². The summed E-state index contributed by atoms with van der Waals surface area (Å²) >= 11 is 0. The molecule has 0 amide bonds. The first kappa shape index (κ1) is 15.5. The average molecular weight is 222 g/mol. The van der Waals surface area contributed by atoms with Crippen molar-refractivity contribution in [2.75, 3.05) is 0 Å². The standard InChI is InChI=1S/C16H30/c1-6-8-10-15(4)13-16(5)12-11-14(3)9-7-2/h9,14-16H,2,6,8,10-13H2,1,3-5H3. The average Bonchev–Trinajstić information content (AvgIpc) is 2.24. The third-order valence-corrected chi connectivity index (χ3v) is 3.37. The quantitative estimate of drug-likeness (QED) is 0.446. The van der Waals surface area contributed by atoms with Crippen LogP contribution in [-0.4, -0.2) is 0 Å². The number of hydrogen-bond donors (Lipinski definition) is 0. The molecular weight excluding hydrogens is 192 g/mol. The van der Waals surface area contributed by atoms with Gasteiger partial charge >= 0.3 is 0 Å². The van der Waals surface area contributed by atoms with Gasteiger partial charge in [-0.05, 0) is 36.7 Å². The van der Waals surface area contributed by atoms with Crippen molar-refractivity contribution in [3.8, 4) is 0 Å². The lowest BCUT2D eigenvalue weighted by atomic mass is 9.88. The van der Waals surface area contributed by atoms with Crippen molar-refractivity contribution in [3.05, 3.63) is 18.4 Å². The smallest absolute Gasteiger partial charge is 0.0186 e. The first-order valence-electron chi connectivity index (χ1n) is 6.96. The largest absolute Gasteiger partial charge is 0.133 e. The first-order chi connectivity index (χ1) is 7.60. The van der Waals surface area contributed by atoms with Gasteiger partial charge in [0.15, 0.2) is 0 Å². The summed E-state index contributed by atoms with van der Waals surface area (Å²) in [5, 5.41) is 0. The molecule has 0 aromatic rings. The van der Waals surface area contributed by atoms with Gasteiger partial charge in [-0.25, -0.2) is 0 Å². The predicted octanol–water partition coefficient (Wildman–Crippen LogP) is 5.60. The molecule has 0 aliphatic heterocycles. The van der Waals surface area contributed by atoms with Gasteiger partial charge in [0.2, 0.25) is 0 Å². The molecule has 0 nitrogen and oxygen atoms in total. The van der Waals surface area contributed by atoms with Crippen molar-refractivity contribution < 1.29 is 0 Å². The minimum absolute atomic E-state index is 0.644. The normalized spacial score (nSPS) is 16.2. The maximum atomic E-state index is 3.63. The van der Waals surface area contributed by atoms with E-state index >= 15 is 0 Å². The van der Waals surface area contributed by atoms with Gasteiger partial charge in [-0.2, -0.15) is 0 Å². The molecule has 0 fully saturated rings. The Morgan fingerprint density at radius 2 is 1.69 bits per heavy atom. The van der Waals surface area contributed by atoms with E-state index in [1.54, 1.807) is 0 Å². The second-order valence-electron chi connectivity index (χ2n) is 5.51. The highest BCUT2D eigenvalue weighted by molar-refractivity contribution is 4.81. The van der Waals surface area contributed by atoms with Gasteiger partial charge in [0.05, 0.1) is 0 Å². The van der Waals surface area contributed by atoms with Crippen LogP contribution in [0.25, 0.3) is 0 Å². The summed E-state index contributed by atoms with van der Waals surface area (Å²) in [5.74, 6) is 2.42. The number of unbranched alkanes of at least 4 members (excludes halogenated alkanes) is 1. The summed E-state index contributed by atoms with van der Waals surface area (Å²) in [4.78, 5) is 0. The third kappa shape index (κ3) is 8.80. The van der Waals surface area contributed by atoms with Crippen LogP contribution in [0.15, 0.2) is 18.4 Å². The molecule has 0 bridgehead atoms. The van der Waals surface area contributed by atoms with Gasteiger partial charge in [0.25, 0.3) is 0 Å². The Bertz CT molecular complexity index is 198. The molecule has 0 aromatic heterocycles. The highest BCUT2D eigenvalue weighted by Gasteiger charge is 2.09. The molecular formula is C16H30. The Morgan fingerprint density at radius 1 is 1.06 bits per heavy atom. The molecule has 0 aliphatic rings. The summed E-state index contributed by atoms with van der Waals surface area (Å²) in [6, 6.07) is 0. The van der Waals surface area contributed by atoms with Crippen LogP contribution in [0.4, 0.5) is 0 Å². The maximum Gasteiger partial charge on any atom is -0.0186 e. The van der Waals surface area contributed by atoms with Crippen LogP contribution in [0.3, 0.4) is 0 Å². The Balaban J connectivity index is 3.64. The summed E-state index contributed by atoms with van der Waals surface area (Å²) < 4.78 is 0. The molecule has 16 heavy (non-hydrogen) atoms. The fraction of sp³-hybridized carbons (Fsp3) is 0.812. The van der Waals surface area contributed by atoms with Crippen molar-refractivity contribution in [2.24, 2.45) is 17.8 Å². The summed E-state index contributed by atoms with van der Waals surface area (Å²) in [6.45, 7) is 13.0. The molecule has 3 unspecified atom stereocenters. The molecule has 0 radical (unpaired) electrons. The molecule has 3 atom stereocenters. The molecule has 0 aliphatic carbocycles. The molecule has 0 aromatic carbocycles.